The highest BCUT2D eigenvalue weighted by Gasteiger charge is 1.89. The first kappa shape index (κ1) is 5.67. The van der Waals surface area contributed by atoms with Gasteiger partial charge in [-0.2, -0.15) is 0 Å². The molecular weight excluding hydrogens is 106 g/mol. The molecule has 0 fully saturated rings. The van der Waals surface area contributed by atoms with Crippen molar-refractivity contribution in [1.29, 1.82) is 0 Å². The van der Waals surface area contributed by atoms with E-state index in [9.17, 15) is 0 Å². The van der Waals surface area contributed by atoms with E-state index in [1.807, 2.05) is 0 Å². The Labute approximate surface area is 37.7 Å². The minimum atomic E-state index is -1.24. The Balaban J connectivity index is 2.97. The van der Waals surface area contributed by atoms with Crippen molar-refractivity contribution in [2.45, 2.75) is 0 Å². The van der Waals surface area contributed by atoms with Crippen LogP contribution in [0.25, 0.3) is 0 Å². The molecule has 0 amide bonds. The van der Waals surface area contributed by atoms with Gasteiger partial charge < -0.3 is 0 Å². The second-order valence-electron chi connectivity index (χ2n) is 0.491. The molecule has 0 aliphatic carbocycles. The van der Waals surface area contributed by atoms with Gasteiger partial charge in [-0.1, -0.05) is 4.99 Å². The molecule has 0 aromatic heterocycles. The van der Waals surface area contributed by atoms with Crippen molar-refractivity contribution in [3.63, 3.8) is 0 Å². The summed E-state index contributed by atoms with van der Waals surface area (Å²) >= 11 is 0. The Morgan fingerprint density at radius 1 is 1.71 bits per heavy atom. The summed E-state index contributed by atoms with van der Waals surface area (Å²) in [5, 5.41) is 7.82. The highest BCUT2D eigenvalue weighted by Crippen LogP contribution is 1.69. The molecule has 6 heteroatoms. The summed E-state index contributed by atoms with van der Waals surface area (Å²) in [5.74, 6) is 0. The van der Waals surface area contributed by atoms with Crippen LogP contribution in [0.15, 0.2) is 0 Å². The van der Waals surface area contributed by atoms with Gasteiger partial charge in [0.05, 0.1) is 0 Å². The van der Waals surface area contributed by atoms with Crippen LogP contribution in [0.4, 0.5) is 0 Å². The fourth-order valence-electron chi connectivity index (χ4n) is 0.0527. The van der Waals surface area contributed by atoms with Crippen LogP contribution in [-0.4, -0.2) is 11.6 Å². The molecule has 7 heavy (non-hydrogen) atoms. The van der Waals surface area contributed by atoms with Gasteiger partial charge in [-0.25, -0.2) is 0 Å². The van der Waals surface area contributed by atoms with E-state index >= 15 is 0 Å². The molecule has 6 nitrogen and oxygen atoms in total. The molecule has 0 bridgehead atoms. The van der Waals surface area contributed by atoms with Gasteiger partial charge in [-0.3, -0.25) is 9.68 Å². The lowest BCUT2D eigenvalue weighted by Crippen LogP contribution is -1.99. The highest BCUT2D eigenvalue weighted by atomic mass is 17.3. The lowest BCUT2D eigenvalue weighted by atomic mass is 11.7. The van der Waals surface area contributed by atoms with Crippen molar-refractivity contribution in [2.75, 3.05) is 0 Å². The van der Waals surface area contributed by atoms with E-state index in [-0.39, 0.29) is 6.47 Å². The number of nitrogens with zero attached hydrogens (tertiary/aromatic N) is 1. The lowest BCUT2D eigenvalue weighted by molar-refractivity contribution is -0.838. The molecule has 0 saturated heterocycles. The summed E-state index contributed by atoms with van der Waals surface area (Å²) in [6.45, 7) is -0.192. The molecule has 0 saturated carbocycles. The predicted molar refractivity (Wildman–Crippen MR) is 15.2 cm³/mol. The van der Waals surface area contributed by atoms with Crippen LogP contribution >= 0.6 is 0 Å². The molecular formula is CHNO5. The van der Waals surface area contributed by atoms with Crippen LogP contribution in [0, 0.1) is 10.1 Å². The van der Waals surface area contributed by atoms with Gasteiger partial charge in [0.25, 0.3) is 0 Å². The smallest absolute Gasteiger partial charge is 0.264 e. The Kier molecular flexibility index (Phi) is 2.34. The first-order chi connectivity index (χ1) is 3.27. The van der Waals surface area contributed by atoms with E-state index in [4.69, 9.17) is 14.9 Å². The van der Waals surface area contributed by atoms with Crippen LogP contribution in [0.5, 0.6) is 0 Å². The van der Waals surface area contributed by atoms with E-state index in [2.05, 4.69) is 9.88 Å². The number of hydrogen-bond acceptors (Lipinski definition) is 5. The molecule has 0 N–H and O–H groups in total. The maximum Gasteiger partial charge on any atom is 0.331 e. The second-order valence-corrected chi connectivity index (χ2v) is 0.491. The van der Waals surface area contributed by atoms with Crippen molar-refractivity contribution in [1.82, 2.24) is 0 Å². The van der Waals surface area contributed by atoms with Gasteiger partial charge in [0.2, 0.25) is 0 Å². The number of carbonyl (C=O) groups is 1. The predicted octanol–water partition coefficient (Wildman–Crippen LogP) is -0.717. The molecule has 0 spiro atoms. The molecule has 0 aliphatic heterocycles. The third kappa shape index (κ3) is 4.67. The zero-order chi connectivity index (χ0) is 5.70. The SMILES string of the molecule is O=COO[N+](=O)[O-]. The molecule has 0 aliphatic rings. The van der Waals surface area contributed by atoms with Crippen LogP contribution in [0.2, 0.25) is 0 Å². The minimum absolute atomic E-state index is 0.192. The fraction of sp³-hybridized carbons (Fsp3) is 0. The van der Waals surface area contributed by atoms with Crippen molar-refractivity contribution in [3.05, 3.63) is 10.1 Å². The van der Waals surface area contributed by atoms with E-state index in [0.29, 0.717) is 0 Å². The molecule has 0 atom stereocenters. The lowest BCUT2D eigenvalue weighted by Gasteiger charge is -1.83. The first-order valence-corrected chi connectivity index (χ1v) is 1.19. The molecule has 0 aromatic carbocycles. The Morgan fingerprint density at radius 2 is 2.29 bits per heavy atom. The quantitative estimate of drug-likeness (QED) is 0.206. The largest absolute Gasteiger partial charge is 0.331 e. The summed E-state index contributed by atoms with van der Waals surface area (Å²) in [4.78, 5) is 24.4. The zero-order valence-corrected chi connectivity index (χ0v) is 3.07. The average Bonchev–Trinajstić information content (AvgIpc) is 1.61. The molecule has 0 radical (unpaired) electrons. The van der Waals surface area contributed by atoms with Crippen LogP contribution in [0.1, 0.15) is 0 Å². The normalized spacial score (nSPS) is 6.86. The summed E-state index contributed by atoms with van der Waals surface area (Å²) in [5.41, 5.74) is 0. The maximum absolute atomic E-state index is 9.06. The van der Waals surface area contributed by atoms with Gasteiger partial charge >= 0.3 is 11.6 Å². The van der Waals surface area contributed by atoms with Gasteiger partial charge in [-0.05, 0) is 0 Å². The van der Waals surface area contributed by atoms with Gasteiger partial charge in [0, 0.05) is 0 Å². The Morgan fingerprint density at radius 3 is 2.43 bits per heavy atom. The van der Waals surface area contributed by atoms with E-state index in [1.165, 1.54) is 0 Å². The highest BCUT2D eigenvalue weighted by molar-refractivity contribution is 5.35. The topological polar surface area (TPSA) is 78.7 Å². The van der Waals surface area contributed by atoms with Crippen molar-refractivity contribution < 1.29 is 19.8 Å². The average molecular weight is 107 g/mol. The van der Waals surface area contributed by atoms with E-state index < -0.39 is 5.09 Å². The van der Waals surface area contributed by atoms with Crippen LogP contribution in [0.3, 0.4) is 0 Å². The van der Waals surface area contributed by atoms with Crippen molar-refractivity contribution in [3.8, 4) is 0 Å². The zero-order valence-electron chi connectivity index (χ0n) is 3.07. The van der Waals surface area contributed by atoms with Gasteiger partial charge in [-0.15, -0.1) is 10.1 Å². The number of hydrogen-bond donors (Lipinski definition) is 0. The van der Waals surface area contributed by atoms with Gasteiger partial charge in [0.1, 0.15) is 0 Å². The van der Waals surface area contributed by atoms with Crippen molar-refractivity contribution in [2.24, 2.45) is 0 Å². The second kappa shape index (κ2) is 2.88. The third-order valence-corrected chi connectivity index (χ3v) is 0.143. The molecule has 0 rings (SSSR count). The number of carbonyl (C=O) groups excluding carboxylic acids is 1. The van der Waals surface area contributed by atoms with Crippen LogP contribution in [-0.2, 0) is 14.7 Å². The first-order valence-electron chi connectivity index (χ1n) is 1.19. The van der Waals surface area contributed by atoms with E-state index in [1.54, 1.807) is 0 Å². The summed E-state index contributed by atoms with van der Waals surface area (Å²) in [7, 11) is 0. The van der Waals surface area contributed by atoms with Crippen molar-refractivity contribution >= 4 is 6.47 Å². The summed E-state index contributed by atoms with van der Waals surface area (Å²) in [6.07, 6.45) is 0. The standard InChI is InChI=1S/CHNO5/c3-1-6-7-2(4)5/h1H. The van der Waals surface area contributed by atoms with Gasteiger partial charge in [0.15, 0.2) is 0 Å². The maximum atomic E-state index is 9.06. The third-order valence-electron chi connectivity index (χ3n) is 0.143. The molecule has 0 unspecified atom stereocenters. The Bertz CT molecular complexity index is 78.1. The molecule has 0 heterocycles. The Hall–Kier alpha value is -1.33. The van der Waals surface area contributed by atoms with Crippen LogP contribution < -0.4 is 0 Å². The molecule has 40 valence electrons. The fourth-order valence-corrected chi connectivity index (χ4v) is 0.0527. The summed E-state index contributed by atoms with van der Waals surface area (Å²) in [6, 6.07) is 0. The monoisotopic (exact) mass is 107 g/mol. The number of rotatable bonds is 3. The van der Waals surface area contributed by atoms with E-state index in [0.717, 1.165) is 0 Å². The minimum Gasteiger partial charge on any atom is -0.264 e. The summed E-state index contributed by atoms with van der Waals surface area (Å²) < 4.78 is 0. The molecule has 0 aromatic rings.